The van der Waals surface area contributed by atoms with Gasteiger partial charge in [0.1, 0.15) is 6.04 Å². The molecule has 1 atom stereocenters. The number of nitrogen functional groups attached to an aromatic ring is 2. The Bertz CT molecular complexity index is 386. The van der Waals surface area contributed by atoms with Gasteiger partial charge in [-0.25, -0.2) is 4.98 Å². The molecule has 0 radical (unpaired) electrons. The second-order valence-corrected chi connectivity index (χ2v) is 3.93. The maximum Gasteiger partial charge on any atom is 0.320 e. The minimum Gasteiger partial charge on any atom is -0.480 e. The minimum absolute atomic E-state index is 0.0208. The average molecular weight is 262 g/mol. The highest BCUT2D eigenvalue weighted by atomic mass is 35.5. The number of aromatic nitrogens is 2. The third-order valence-corrected chi connectivity index (χ3v) is 2.00. The molecule has 0 saturated carbocycles. The molecule has 0 unspecified atom stereocenters. The van der Waals surface area contributed by atoms with Crippen molar-refractivity contribution in [3.8, 4) is 0 Å². The molecule has 0 bridgehead atoms. The summed E-state index contributed by atoms with van der Waals surface area (Å²) in [4.78, 5) is 17.2. The first-order valence-electron chi connectivity index (χ1n) is 4.77. The second-order valence-electron chi connectivity index (χ2n) is 3.59. The molecule has 7 nitrogen and oxygen atoms in total. The van der Waals surface area contributed by atoms with Gasteiger partial charge in [0.25, 0.3) is 0 Å². The highest BCUT2D eigenvalue weighted by Crippen LogP contribution is 2.10. The zero-order valence-corrected chi connectivity index (χ0v) is 10.3. The number of carbonyl (C=O) groups is 1. The molecule has 0 amide bonds. The lowest BCUT2D eigenvalue weighted by Gasteiger charge is -2.07. The SMILES string of the molecule is CC(C)[C@H](N)C(=O)O.Nc1cnc(Cl)nc1N. The van der Waals surface area contributed by atoms with Crippen molar-refractivity contribution in [3.05, 3.63) is 11.5 Å². The van der Waals surface area contributed by atoms with Crippen LogP contribution in [-0.2, 0) is 4.79 Å². The molecule has 0 aliphatic rings. The van der Waals surface area contributed by atoms with E-state index in [0.29, 0.717) is 5.69 Å². The van der Waals surface area contributed by atoms with Crippen molar-refractivity contribution in [2.45, 2.75) is 19.9 Å². The number of carboxylic acids is 1. The monoisotopic (exact) mass is 261 g/mol. The van der Waals surface area contributed by atoms with Gasteiger partial charge in [-0.1, -0.05) is 13.8 Å². The zero-order chi connectivity index (χ0) is 13.6. The smallest absolute Gasteiger partial charge is 0.320 e. The first kappa shape index (κ1) is 15.4. The van der Waals surface area contributed by atoms with Crippen LogP contribution in [0.25, 0.3) is 0 Å². The Morgan fingerprint density at radius 3 is 2.24 bits per heavy atom. The quantitative estimate of drug-likeness (QED) is 0.563. The van der Waals surface area contributed by atoms with Crippen molar-refractivity contribution in [1.29, 1.82) is 0 Å². The summed E-state index contributed by atoms with van der Waals surface area (Å²) in [7, 11) is 0. The van der Waals surface area contributed by atoms with Crippen LogP contribution < -0.4 is 17.2 Å². The van der Waals surface area contributed by atoms with E-state index in [0.717, 1.165) is 0 Å². The number of nitrogens with zero attached hydrogens (tertiary/aromatic N) is 2. The predicted molar refractivity (Wildman–Crippen MR) is 66.3 cm³/mol. The Kier molecular flexibility index (Phi) is 6.22. The van der Waals surface area contributed by atoms with Crippen LogP contribution in [0.15, 0.2) is 6.20 Å². The number of anilines is 2. The molecule has 1 heterocycles. The van der Waals surface area contributed by atoms with Gasteiger partial charge in [-0.15, -0.1) is 0 Å². The minimum atomic E-state index is -0.931. The molecule has 0 spiro atoms. The van der Waals surface area contributed by atoms with E-state index in [2.05, 4.69) is 9.97 Å². The van der Waals surface area contributed by atoms with Gasteiger partial charge in [-0.3, -0.25) is 4.79 Å². The van der Waals surface area contributed by atoms with Crippen molar-refractivity contribution in [2.24, 2.45) is 11.7 Å². The number of rotatable bonds is 2. The summed E-state index contributed by atoms with van der Waals surface area (Å²) in [5, 5.41) is 8.34. The van der Waals surface area contributed by atoms with Crippen molar-refractivity contribution in [2.75, 3.05) is 11.5 Å². The van der Waals surface area contributed by atoms with Crippen LogP contribution in [0.1, 0.15) is 13.8 Å². The van der Waals surface area contributed by atoms with Crippen LogP contribution >= 0.6 is 11.6 Å². The highest BCUT2D eigenvalue weighted by molar-refractivity contribution is 6.28. The molecule has 1 aromatic rings. The first-order valence-corrected chi connectivity index (χ1v) is 5.15. The summed E-state index contributed by atoms with van der Waals surface area (Å²) in [5.74, 6) is -0.692. The maximum atomic E-state index is 10.0. The molecule has 96 valence electrons. The average Bonchev–Trinajstić information content (AvgIpc) is 2.23. The first-order chi connectivity index (χ1) is 7.75. The van der Waals surface area contributed by atoms with Gasteiger partial charge in [-0.2, -0.15) is 4.98 Å². The van der Waals surface area contributed by atoms with Gasteiger partial charge in [0, 0.05) is 0 Å². The Hall–Kier alpha value is -1.60. The fourth-order valence-corrected chi connectivity index (χ4v) is 0.807. The van der Waals surface area contributed by atoms with E-state index in [1.165, 1.54) is 6.20 Å². The van der Waals surface area contributed by atoms with E-state index in [4.69, 9.17) is 33.9 Å². The van der Waals surface area contributed by atoms with Gasteiger partial charge in [-0.05, 0) is 17.5 Å². The van der Waals surface area contributed by atoms with Crippen LogP contribution in [-0.4, -0.2) is 27.1 Å². The molecular weight excluding hydrogens is 246 g/mol. The lowest BCUT2D eigenvalue weighted by molar-refractivity contribution is -0.139. The summed E-state index contributed by atoms with van der Waals surface area (Å²) in [6.45, 7) is 3.55. The van der Waals surface area contributed by atoms with E-state index < -0.39 is 12.0 Å². The van der Waals surface area contributed by atoms with Crippen LogP contribution in [0.4, 0.5) is 11.5 Å². The summed E-state index contributed by atoms with van der Waals surface area (Å²) >= 11 is 5.36. The number of carboxylic acid groups (broad SMARTS) is 1. The summed E-state index contributed by atoms with van der Waals surface area (Å²) in [6.07, 6.45) is 1.37. The van der Waals surface area contributed by atoms with Gasteiger partial charge in [0.05, 0.1) is 11.9 Å². The molecular formula is C9H16ClN5O2. The van der Waals surface area contributed by atoms with Crippen LogP contribution in [0.3, 0.4) is 0 Å². The van der Waals surface area contributed by atoms with Gasteiger partial charge in [0.2, 0.25) is 5.28 Å². The van der Waals surface area contributed by atoms with E-state index in [1.807, 2.05) is 0 Å². The van der Waals surface area contributed by atoms with Crippen LogP contribution in [0, 0.1) is 5.92 Å². The Labute approximate surface area is 104 Å². The maximum absolute atomic E-state index is 10.0. The third kappa shape index (κ3) is 5.88. The fourth-order valence-electron chi connectivity index (χ4n) is 0.667. The van der Waals surface area contributed by atoms with Crippen molar-refractivity contribution in [1.82, 2.24) is 9.97 Å². The molecule has 0 aliphatic heterocycles. The standard InChI is InChI=1S/C5H11NO2.C4H5ClN4/c1-3(2)4(6)5(7)8;5-4-8-1-2(6)3(7)9-4/h3-4H,6H2,1-2H3,(H,7,8);1H,6H2,(H2,7,8,9)/t4-;/m0./s1. The molecule has 17 heavy (non-hydrogen) atoms. The van der Waals surface area contributed by atoms with Gasteiger partial charge in [0.15, 0.2) is 5.82 Å². The largest absolute Gasteiger partial charge is 0.480 e. The number of hydrogen-bond donors (Lipinski definition) is 4. The normalized spacial score (nSPS) is 11.6. The third-order valence-electron chi connectivity index (χ3n) is 1.82. The van der Waals surface area contributed by atoms with E-state index in [-0.39, 0.29) is 17.0 Å². The predicted octanol–water partition coefficient (Wildman–Crippen LogP) is 0.349. The van der Waals surface area contributed by atoms with Gasteiger partial charge < -0.3 is 22.3 Å². The molecule has 1 aromatic heterocycles. The molecule has 7 N–H and O–H groups in total. The Balaban J connectivity index is 0.000000304. The summed E-state index contributed by atoms with van der Waals surface area (Å²) < 4.78 is 0. The molecule has 0 aromatic carbocycles. The molecule has 0 aliphatic carbocycles. The van der Waals surface area contributed by atoms with Crippen molar-refractivity contribution < 1.29 is 9.90 Å². The summed E-state index contributed by atoms with van der Waals surface area (Å²) in [6, 6.07) is -0.713. The summed E-state index contributed by atoms with van der Waals surface area (Å²) in [5.41, 5.74) is 16.0. The molecule has 8 heteroatoms. The highest BCUT2D eigenvalue weighted by Gasteiger charge is 2.14. The van der Waals surface area contributed by atoms with E-state index in [1.54, 1.807) is 13.8 Å². The number of nitrogens with two attached hydrogens (primary N) is 3. The van der Waals surface area contributed by atoms with Crippen molar-refractivity contribution in [3.63, 3.8) is 0 Å². The zero-order valence-electron chi connectivity index (χ0n) is 9.59. The lowest BCUT2D eigenvalue weighted by atomic mass is 10.1. The number of aliphatic carboxylic acids is 1. The van der Waals surface area contributed by atoms with Gasteiger partial charge >= 0.3 is 5.97 Å². The number of hydrogen-bond acceptors (Lipinski definition) is 6. The van der Waals surface area contributed by atoms with E-state index in [9.17, 15) is 4.79 Å². The van der Waals surface area contributed by atoms with Crippen molar-refractivity contribution >= 4 is 29.1 Å². The fraction of sp³-hybridized carbons (Fsp3) is 0.444. The molecule has 1 rings (SSSR count). The van der Waals surface area contributed by atoms with Crippen LogP contribution in [0.2, 0.25) is 5.28 Å². The Morgan fingerprint density at radius 2 is 2.00 bits per heavy atom. The molecule has 0 saturated heterocycles. The topological polar surface area (TPSA) is 141 Å². The van der Waals surface area contributed by atoms with Crippen LogP contribution in [0.5, 0.6) is 0 Å². The van der Waals surface area contributed by atoms with E-state index >= 15 is 0 Å². The lowest BCUT2D eigenvalue weighted by Crippen LogP contribution is -2.34. The second kappa shape index (κ2) is 6.87. The number of halogens is 1. The Morgan fingerprint density at radius 1 is 1.47 bits per heavy atom. The molecule has 0 fully saturated rings.